The van der Waals surface area contributed by atoms with Crippen LogP contribution in [0.25, 0.3) is 0 Å². The lowest BCUT2D eigenvalue weighted by Crippen LogP contribution is -2.30. The van der Waals surface area contributed by atoms with Crippen molar-refractivity contribution in [1.82, 2.24) is 4.72 Å². The molecular formula is C12H12N2O4S. The molecule has 0 aliphatic heterocycles. The predicted molar refractivity (Wildman–Crippen MR) is 67.7 cm³/mol. The molecule has 0 aliphatic carbocycles. The lowest BCUT2D eigenvalue weighted by Gasteiger charge is -2.04. The van der Waals surface area contributed by atoms with E-state index in [1.165, 1.54) is 24.3 Å². The fourth-order valence-electron chi connectivity index (χ4n) is 1.44. The van der Waals surface area contributed by atoms with Gasteiger partial charge in [0.1, 0.15) is 5.76 Å². The Morgan fingerprint density at radius 3 is 2.42 bits per heavy atom. The minimum Gasteiger partial charge on any atom is -0.455 e. The SMILES string of the molecule is NCc1ccc(C(=O)NS(=O)(=O)c2ccccc2)o1. The van der Waals surface area contributed by atoms with Crippen molar-refractivity contribution in [2.45, 2.75) is 11.4 Å². The van der Waals surface area contributed by atoms with Gasteiger partial charge in [-0.15, -0.1) is 0 Å². The van der Waals surface area contributed by atoms with Gasteiger partial charge in [-0.2, -0.15) is 0 Å². The summed E-state index contributed by atoms with van der Waals surface area (Å²) in [6.45, 7) is 0.138. The molecule has 0 saturated heterocycles. The number of nitrogens with one attached hydrogen (secondary N) is 1. The van der Waals surface area contributed by atoms with Crippen molar-refractivity contribution in [2.75, 3.05) is 0 Å². The molecule has 0 atom stereocenters. The Hall–Kier alpha value is -2.12. The molecule has 1 heterocycles. The number of sulfonamides is 1. The summed E-state index contributed by atoms with van der Waals surface area (Å²) in [5.41, 5.74) is 5.34. The summed E-state index contributed by atoms with van der Waals surface area (Å²) in [6.07, 6.45) is 0. The van der Waals surface area contributed by atoms with Gasteiger partial charge in [-0.25, -0.2) is 13.1 Å². The number of hydrogen-bond donors (Lipinski definition) is 2. The number of furan rings is 1. The van der Waals surface area contributed by atoms with Gasteiger partial charge in [0.2, 0.25) is 0 Å². The van der Waals surface area contributed by atoms with E-state index in [2.05, 4.69) is 0 Å². The molecule has 0 aliphatic rings. The predicted octanol–water partition coefficient (Wildman–Crippen LogP) is 0.857. The van der Waals surface area contributed by atoms with Gasteiger partial charge in [0.25, 0.3) is 10.0 Å². The second-order valence-corrected chi connectivity index (χ2v) is 5.40. The Morgan fingerprint density at radius 1 is 1.16 bits per heavy atom. The van der Waals surface area contributed by atoms with E-state index in [1.807, 2.05) is 4.72 Å². The Kier molecular flexibility index (Phi) is 3.68. The Labute approximate surface area is 110 Å². The minimum atomic E-state index is -3.90. The van der Waals surface area contributed by atoms with E-state index in [-0.39, 0.29) is 17.2 Å². The summed E-state index contributed by atoms with van der Waals surface area (Å²) in [7, 11) is -3.90. The molecule has 2 rings (SSSR count). The molecule has 1 aromatic heterocycles. The number of hydrogen-bond acceptors (Lipinski definition) is 5. The largest absolute Gasteiger partial charge is 0.455 e. The van der Waals surface area contributed by atoms with Gasteiger partial charge in [-0.1, -0.05) is 18.2 Å². The highest BCUT2D eigenvalue weighted by atomic mass is 32.2. The third kappa shape index (κ3) is 3.01. The normalized spacial score (nSPS) is 11.2. The summed E-state index contributed by atoms with van der Waals surface area (Å²) in [6, 6.07) is 10.5. The van der Waals surface area contributed by atoms with Gasteiger partial charge >= 0.3 is 5.91 Å². The topological polar surface area (TPSA) is 102 Å². The molecular weight excluding hydrogens is 268 g/mol. The van der Waals surface area contributed by atoms with Crippen LogP contribution in [-0.4, -0.2) is 14.3 Å². The van der Waals surface area contributed by atoms with E-state index in [0.717, 1.165) is 0 Å². The summed E-state index contributed by atoms with van der Waals surface area (Å²) in [5.74, 6) is -0.522. The van der Waals surface area contributed by atoms with Crippen LogP contribution in [0.2, 0.25) is 0 Å². The molecule has 6 nitrogen and oxygen atoms in total. The van der Waals surface area contributed by atoms with Crippen molar-refractivity contribution in [1.29, 1.82) is 0 Å². The highest BCUT2D eigenvalue weighted by Gasteiger charge is 2.20. The molecule has 3 N–H and O–H groups in total. The molecule has 7 heteroatoms. The summed E-state index contributed by atoms with van der Waals surface area (Å²) in [4.78, 5) is 11.7. The average Bonchev–Trinajstić information content (AvgIpc) is 2.88. The molecule has 0 unspecified atom stereocenters. The highest BCUT2D eigenvalue weighted by Crippen LogP contribution is 2.11. The van der Waals surface area contributed by atoms with Crippen LogP contribution in [-0.2, 0) is 16.6 Å². The minimum absolute atomic E-state index is 0.00829. The second kappa shape index (κ2) is 5.25. The van der Waals surface area contributed by atoms with Crippen LogP contribution in [0.3, 0.4) is 0 Å². The van der Waals surface area contributed by atoms with Crippen molar-refractivity contribution in [3.05, 3.63) is 54.0 Å². The number of rotatable bonds is 4. The number of benzene rings is 1. The number of amides is 1. The quantitative estimate of drug-likeness (QED) is 0.864. The number of carbonyl (C=O) groups is 1. The van der Waals surface area contributed by atoms with Gasteiger partial charge in [0.05, 0.1) is 11.4 Å². The molecule has 0 saturated carbocycles. The molecule has 0 spiro atoms. The standard InChI is InChI=1S/C12H12N2O4S/c13-8-9-6-7-11(18-9)12(15)14-19(16,17)10-4-2-1-3-5-10/h1-7H,8,13H2,(H,14,15). The monoisotopic (exact) mass is 280 g/mol. The first-order chi connectivity index (χ1) is 9.03. The molecule has 1 amide bonds. The van der Waals surface area contributed by atoms with E-state index in [9.17, 15) is 13.2 Å². The van der Waals surface area contributed by atoms with Crippen molar-refractivity contribution >= 4 is 15.9 Å². The van der Waals surface area contributed by atoms with Gasteiger partial charge in [-0.3, -0.25) is 4.79 Å². The van der Waals surface area contributed by atoms with Crippen LogP contribution in [0.1, 0.15) is 16.3 Å². The average molecular weight is 280 g/mol. The van der Waals surface area contributed by atoms with Crippen LogP contribution in [0, 0.1) is 0 Å². The lowest BCUT2D eigenvalue weighted by atomic mass is 10.4. The fourth-order valence-corrected chi connectivity index (χ4v) is 2.42. The maximum atomic E-state index is 11.9. The first kappa shape index (κ1) is 13.3. The van der Waals surface area contributed by atoms with Gasteiger partial charge < -0.3 is 10.2 Å². The van der Waals surface area contributed by atoms with E-state index >= 15 is 0 Å². The zero-order chi connectivity index (χ0) is 13.9. The Morgan fingerprint density at radius 2 is 1.84 bits per heavy atom. The summed E-state index contributed by atoms with van der Waals surface area (Å²) < 4.78 is 30.8. The molecule has 2 aromatic rings. The summed E-state index contributed by atoms with van der Waals surface area (Å²) >= 11 is 0. The molecule has 0 bridgehead atoms. The van der Waals surface area contributed by atoms with Crippen molar-refractivity contribution in [3.63, 3.8) is 0 Å². The lowest BCUT2D eigenvalue weighted by molar-refractivity contribution is 0.0952. The Bertz CT molecular complexity index is 677. The zero-order valence-electron chi connectivity index (χ0n) is 9.87. The second-order valence-electron chi connectivity index (χ2n) is 3.72. The molecule has 1 aromatic carbocycles. The zero-order valence-corrected chi connectivity index (χ0v) is 10.7. The molecule has 19 heavy (non-hydrogen) atoms. The van der Waals surface area contributed by atoms with Gasteiger partial charge in [-0.05, 0) is 24.3 Å². The number of nitrogens with two attached hydrogens (primary N) is 1. The van der Waals surface area contributed by atoms with Crippen molar-refractivity contribution < 1.29 is 17.6 Å². The highest BCUT2D eigenvalue weighted by molar-refractivity contribution is 7.90. The van der Waals surface area contributed by atoms with Crippen LogP contribution in [0.15, 0.2) is 51.8 Å². The maximum Gasteiger partial charge on any atom is 0.300 e. The third-order valence-corrected chi connectivity index (χ3v) is 3.71. The fraction of sp³-hybridized carbons (Fsp3) is 0.0833. The van der Waals surface area contributed by atoms with Crippen molar-refractivity contribution in [2.24, 2.45) is 5.73 Å². The third-order valence-electron chi connectivity index (χ3n) is 2.37. The van der Waals surface area contributed by atoms with E-state index < -0.39 is 15.9 Å². The van der Waals surface area contributed by atoms with E-state index in [1.54, 1.807) is 18.2 Å². The first-order valence-electron chi connectivity index (χ1n) is 5.44. The van der Waals surface area contributed by atoms with Gasteiger partial charge in [0.15, 0.2) is 5.76 Å². The van der Waals surface area contributed by atoms with Gasteiger partial charge in [0, 0.05) is 0 Å². The van der Waals surface area contributed by atoms with Crippen LogP contribution < -0.4 is 10.5 Å². The molecule has 0 fully saturated rings. The van der Waals surface area contributed by atoms with Crippen LogP contribution in [0.4, 0.5) is 0 Å². The number of carbonyl (C=O) groups excluding carboxylic acids is 1. The smallest absolute Gasteiger partial charge is 0.300 e. The van der Waals surface area contributed by atoms with Crippen LogP contribution >= 0.6 is 0 Å². The first-order valence-corrected chi connectivity index (χ1v) is 6.92. The molecule has 100 valence electrons. The maximum absolute atomic E-state index is 11.9. The van der Waals surface area contributed by atoms with Crippen molar-refractivity contribution in [3.8, 4) is 0 Å². The van der Waals surface area contributed by atoms with Crippen LogP contribution in [0.5, 0.6) is 0 Å². The molecule has 0 radical (unpaired) electrons. The van der Waals surface area contributed by atoms with E-state index in [0.29, 0.717) is 5.76 Å². The van der Waals surface area contributed by atoms with E-state index in [4.69, 9.17) is 10.2 Å². The Balaban J connectivity index is 2.19. The summed E-state index contributed by atoms with van der Waals surface area (Å²) in [5, 5.41) is 0.